The summed E-state index contributed by atoms with van der Waals surface area (Å²) in [6.45, 7) is 0. The maximum absolute atomic E-state index is 6.24. The van der Waals surface area contributed by atoms with Crippen LogP contribution in [0, 0.1) is 0 Å². The summed E-state index contributed by atoms with van der Waals surface area (Å²) in [4.78, 5) is 5.16. The van der Waals surface area contributed by atoms with Crippen LogP contribution in [0.2, 0.25) is 0 Å². The Morgan fingerprint density at radius 1 is 0.486 bits per heavy atom. The van der Waals surface area contributed by atoms with E-state index in [1.165, 1.54) is 5.39 Å². The lowest BCUT2D eigenvalue weighted by molar-refractivity contribution is 0.669. The van der Waals surface area contributed by atoms with E-state index < -0.39 is 0 Å². The fraction of sp³-hybridized carbons (Fsp3) is 0. The lowest BCUT2D eigenvalue weighted by Crippen LogP contribution is -2.05. The Kier molecular flexibility index (Phi) is 3.63. The monoisotopic (exact) mass is 449 g/mol. The number of furan rings is 1. The molecule has 0 bridgehead atoms. The summed E-state index contributed by atoms with van der Waals surface area (Å²) < 4.78 is 10.8. The van der Waals surface area contributed by atoms with Gasteiger partial charge in [0.1, 0.15) is 11.2 Å². The topological polar surface area (TPSA) is 35.9 Å². The molecule has 0 spiro atoms. The largest absolute Gasteiger partial charge is 0.456 e. The molecule has 0 aliphatic carbocycles. The number of para-hydroxylation sites is 5. The molecule has 4 nitrogen and oxygen atoms in total. The third-order valence-corrected chi connectivity index (χ3v) is 6.93. The molecule has 3 aromatic heterocycles. The smallest absolute Gasteiger partial charge is 0.220 e. The number of aromatic nitrogens is 3. The lowest BCUT2D eigenvalue weighted by atomic mass is 10.1. The minimum Gasteiger partial charge on any atom is -0.456 e. The maximum Gasteiger partial charge on any atom is 0.220 e. The Morgan fingerprint density at radius 3 is 2.09 bits per heavy atom. The quantitative estimate of drug-likeness (QED) is 0.268. The fourth-order valence-corrected chi connectivity index (χ4v) is 5.40. The highest BCUT2D eigenvalue weighted by Gasteiger charge is 2.21. The molecular weight excluding hydrogens is 430 g/mol. The van der Waals surface area contributed by atoms with Crippen LogP contribution < -0.4 is 0 Å². The van der Waals surface area contributed by atoms with E-state index in [4.69, 9.17) is 9.40 Å². The highest BCUT2D eigenvalue weighted by Crippen LogP contribution is 2.38. The second-order valence-corrected chi connectivity index (χ2v) is 8.89. The predicted molar refractivity (Wildman–Crippen MR) is 143 cm³/mol. The molecule has 5 aromatic carbocycles. The van der Waals surface area contributed by atoms with E-state index in [9.17, 15) is 0 Å². The number of fused-ring (bicyclic) bond motifs is 7. The summed E-state index contributed by atoms with van der Waals surface area (Å²) in [6.07, 6.45) is 0. The Morgan fingerprint density at radius 2 is 1.20 bits per heavy atom. The zero-order valence-corrected chi connectivity index (χ0v) is 18.7. The van der Waals surface area contributed by atoms with E-state index in [2.05, 4.69) is 100 Å². The summed E-state index contributed by atoms with van der Waals surface area (Å²) >= 11 is 0. The van der Waals surface area contributed by atoms with Gasteiger partial charge in [-0.1, -0.05) is 66.7 Å². The third-order valence-electron chi connectivity index (χ3n) is 6.93. The molecule has 0 aliphatic heterocycles. The average Bonchev–Trinajstić information content (AvgIpc) is 3.57. The number of imidazole rings is 1. The van der Waals surface area contributed by atoms with Crippen molar-refractivity contribution in [3.8, 4) is 11.6 Å². The number of rotatable bonds is 2. The summed E-state index contributed by atoms with van der Waals surface area (Å²) in [5, 5.41) is 4.56. The fourth-order valence-electron chi connectivity index (χ4n) is 5.40. The number of nitrogens with zero attached hydrogens (tertiary/aromatic N) is 3. The SMILES string of the molecule is c1ccc(-n2c(-n3c4ccccc4c4cc5oc6ccccc6c5cc43)nc3ccccc32)cc1. The van der Waals surface area contributed by atoms with E-state index >= 15 is 0 Å². The van der Waals surface area contributed by atoms with E-state index in [0.717, 1.165) is 61.0 Å². The molecule has 0 N–H and O–H groups in total. The van der Waals surface area contributed by atoms with Crippen molar-refractivity contribution in [3.05, 3.63) is 115 Å². The van der Waals surface area contributed by atoms with Crippen molar-refractivity contribution in [2.75, 3.05) is 0 Å². The molecule has 0 radical (unpaired) electrons. The average molecular weight is 450 g/mol. The molecule has 8 rings (SSSR count). The lowest BCUT2D eigenvalue weighted by Gasteiger charge is -2.12. The first-order chi connectivity index (χ1) is 17.4. The Hall–Kier alpha value is -4.83. The normalized spacial score (nSPS) is 12.0. The highest BCUT2D eigenvalue weighted by atomic mass is 16.3. The van der Waals surface area contributed by atoms with E-state index in [1.807, 2.05) is 24.3 Å². The Bertz CT molecular complexity index is 2060. The van der Waals surface area contributed by atoms with Crippen LogP contribution in [0.1, 0.15) is 0 Å². The van der Waals surface area contributed by atoms with Gasteiger partial charge in [-0.25, -0.2) is 4.98 Å². The molecular formula is C31H19N3O. The highest BCUT2D eigenvalue weighted by molar-refractivity contribution is 6.17. The van der Waals surface area contributed by atoms with Gasteiger partial charge in [-0.05, 0) is 48.5 Å². The van der Waals surface area contributed by atoms with Gasteiger partial charge in [0.25, 0.3) is 0 Å². The van der Waals surface area contributed by atoms with Crippen LogP contribution >= 0.6 is 0 Å². The van der Waals surface area contributed by atoms with Gasteiger partial charge in [-0.2, -0.15) is 0 Å². The van der Waals surface area contributed by atoms with Gasteiger partial charge in [0, 0.05) is 27.2 Å². The molecule has 0 saturated carbocycles. The molecule has 3 heterocycles. The van der Waals surface area contributed by atoms with E-state index in [-0.39, 0.29) is 0 Å². The van der Waals surface area contributed by atoms with Crippen molar-refractivity contribution in [2.45, 2.75) is 0 Å². The summed E-state index contributed by atoms with van der Waals surface area (Å²) in [5.74, 6) is 0.871. The third kappa shape index (κ3) is 2.53. The van der Waals surface area contributed by atoms with Crippen molar-refractivity contribution >= 4 is 54.8 Å². The zero-order chi connectivity index (χ0) is 22.9. The van der Waals surface area contributed by atoms with Gasteiger partial charge < -0.3 is 4.42 Å². The van der Waals surface area contributed by atoms with Crippen molar-refractivity contribution in [3.63, 3.8) is 0 Å². The van der Waals surface area contributed by atoms with Crippen LogP contribution in [0.4, 0.5) is 0 Å². The van der Waals surface area contributed by atoms with E-state index in [0.29, 0.717) is 0 Å². The first-order valence-electron chi connectivity index (χ1n) is 11.7. The molecule has 0 amide bonds. The Labute approximate surface area is 200 Å². The standard InChI is InChI=1S/C31H19N3O/c1-2-10-20(11-3-1)33-27-16-8-6-14-25(27)32-31(33)34-26-15-7-4-12-21(26)23-19-30-24(18-28(23)34)22-13-5-9-17-29(22)35-30/h1-19H. The maximum atomic E-state index is 6.24. The van der Waals surface area contributed by atoms with Gasteiger partial charge in [0.05, 0.1) is 22.1 Å². The molecule has 4 heteroatoms. The summed E-state index contributed by atoms with van der Waals surface area (Å²) in [7, 11) is 0. The van der Waals surface area contributed by atoms with Gasteiger partial charge in [-0.15, -0.1) is 0 Å². The van der Waals surface area contributed by atoms with E-state index in [1.54, 1.807) is 0 Å². The number of benzene rings is 5. The molecule has 0 aliphatic rings. The minimum absolute atomic E-state index is 0.871. The Balaban J connectivity index is 1.58. The minimum atomic E-state index is 0.871. The van der Waals surface area contributed by atoms with Gasteiger partial charge in [-0.3, -0.25) is 9.13 Å². The van der Waals surface area contributed by atoms with Crippen LogP contribution in [-0.2, 0) is 0 Å². The first-order valence-corrected chi connectivity index (χ1v) is 11.7. The van der Waals surface area contributed by atoms with Crippen molar-refractivity contribution < 1.29 is 4.42 Å². The molecule has 0 saturated heterocycles. The molecule has 0 atom stereocenters. The number of hydrogen-bond acceptors (Lipinski definition) is 2. The molecule has 0 unspecified atom stereocenters. The van der Waals surface area contributed by atoms with Crippen LogP contribution in [0.25, 0.3) is 66.4 Å². The predicted octanol–water partition coefficient (Wildman–Crippen LogP) is 8.02. The second kappa shape index (κ2) is 6.84. The van der Waals surface area contributed by atoms with Crippen molar-refractivity contribution in [1.82, 2.24) is 14.1 Å². The van der Waals surface area contributed by atoms with Crippen LogP contribution in [0.5, 0.6) is 0 Å². The first kappa shape index (κ1) is 18.6. The van der Waals surface area contributed by atoms with Crippen molar-refractivity contribution in [1.29, 1.82) is 0 Å². The van der Waals surface area contributed by atoms with Gasteiger partial charge in [0.15, 0.2) is 0 Å². The zero-order valence-electron chi connectivity index (χ0n) is 18.7. The molecule has 8 aromatic rings. The second-order valence-electron chi connectivity index (χ2n) is 8.89. The molecule has 35 heavy (non-hydrogen) atoms. The van der Waals surface area contributed by atoms with Gasteiger partial charge in [0.2, 0.25) is 5.95 Å². The van der Waals surface area contributed by atoms with Crippen molar-refractivity contribution in [2.24, 2.45) is 0 Å². The summed E-state index contributed by atoms with van der Waals surface area (Å²) in [5.41, 5.74) is 7.16. The molecule has 164 valence electrons. The van der Waals surface area contributed by atoms with Gasteiger partial charge >= 0.3 is 0 Å². The summed E-state index contributed by atoms with van der Waals surface area (Å²) in [6, 6.07) is 40.0. The van der Waals surface area contributed by atoms with Crippen LogP contribution in [0.15, 0.2) is 120 Å². The van der Waals surface area contributed by atoms with Crippen LogP contribution in [0.3, 0.4) is 0 Å². The van der Waals surface area contributed by atoms with Crippen LogP contribution in [-0.4, -0.2) is 14.1 Å². The molecule has 0 fully saturated rings. The number of hydrogen-bond donors (Lipinski definition) is 0.